The third kappa shape index (κ3) is 6.23. The van der Waals surface area contributed by atoms with Crippen molar-refractivity contribution in [2.75, 3.05) is 26.0 Å². The highest BCUT2D eigenvalue weighted by Gasteiger charge is 2.42. The van der Waals surface area contributed by atoms with Gasteiger partial charge in [-0.2, -0.15) is 0 Å². The Morgan fingerprint density at radius 1 is 1.14 bits per heavy atom. The first-order chi connectivity index (χ1) is 17.0. The lowest BCUT2D eigenvalue weighted by atomic mass is 9.80. The Labute approximate surface area is 230 Å². The Hall–Kier alpha value is -2.73. The van der Waals surface area contributed by atoms with Crippen LogP contribution >= 0.6 is 35.3 Å². The molecule has 3 atom stereocenters. The fraction of sp³-hybridized carbons (Fsp3) is 0.458. The largest absolute Gasteiger partial charge is 0.361 e. The SMILES string of the molecule is CN1Cc2nc(C(=O)N[C@@H]3C[C@@H](C(=O)N(C)C)CC[C@@H]3N(C(=O)C(N)=O)c3ccc(Cl)cc3)sc2C1.Cl. The van der Waals surface area contributed by atoms with Gasteiger partial charge < -0.3 is 16.0 Å². The van der Waals surface area contributed by atoms with Crippen LogP contribution in [0.3, 0.4) is 0 Å². The minimum Gasteiger partial charge on any atom is -0.361 e. The summed E-state index contributed by atoms with van der Waals surface area (Å²) in [4.78, 5) is 61.6. The Kier molecular flexibility index (Phi) is 9.17. The smallest absolute Gasteiger partial charge is 0.316 e. The van der Waals surface area contributed by atoms with E-state index in [0.29, 0.717) is 41.5 Å². The van der Waals surface area contributed by atoms with E-state index in [-0.39, 0.29) is 30.1 Å². The molecule has 3 N–H and O–H groups in total. The van der Waals surface area contributed by atoms with Crippen molar-refractivity contribution in [3.05, 3.63) is 44.9 Å². The van der Waals surface area contributed by atoms with E-state index in [1.807, 2.05) is 7.05 Å². The number of hydrogen-bond acceptors (Lipinski definition) is 7. The van der Waals surface area contributed by atoms with Gasteiger partial charge in [0.05, 0.1) is 17.8 Å². The number of fused-ring (bicyclic) bond motifs is 1. The molecular weight excluding hydrogens is 539 g/mol. The monoisotopic (exact) mass is 568 g/mol. The van der Waals surface area contributed by atoms with Gasteiger partial charge in [-0.15, -0.1) is 23.7 Å². The molecule has 0 saturated heterocycles. The summed E-state index contributed by atoms with van der Waals surface area (Å²) in [5, 5.41) is 3.83. The second-order valence-corrected chi connectivity index (χ2v) is 11.0. The highest BCUT2D eigenvalue weighted by molar-refractivity contribution is 7.13. The van der Waals surface area contributed by atoms with Gasteiger partial charge >= 0.3 is 11.8 Å². The Morgan fingerprint density at radius 2 is 1.81 bits per heavy atom. The fourth-order valence-electron chi connectivity index (χ4n) is 4.90. The summed E-state index contributed by atoms with van der Waals surface area (Å²) < 4.78 is 0. The first kappa shape index (κ1) is 28.8. The van der Waals surface area contributed by atoms with E-state index in [9.17, 15) is 19.2 Å². The van der Waals surface area contributed by atoms with Crippen LogP contribution in [-0.4, -0.2) is 71.6 Å². The van der Waals surface area contributed by atoms with Crippen molar-refractivity contribution in [2.24, 2.45) is 11.7 Å². The number of carbonyl (C=O) groups is 4. The topological polar surface area (TPSA) is 129 Å². The number of nitrogens with one attached hydrogen (secondary N) is 1. The molecule has 4 amide bonds. The van der Waals surface area contributed by atoms with Gasteiger partial charge in [-0.3, -0.25) is 29.0 Å². The highest BCUT2D eigenvalue weighted by atomic mass is 35.5. The minimum atomic E-state index is -1.11. The molecule has 1 aromatic heterocycles. The summed E-state index contributed by atoms with van der Waals surface area (Å²) in [5.41, 5.74) is 6.72. The van der Waals surface area contributed by atoms with Crippen LogP contribution in [0.2, 0.25) is 5.02 Å². The van der Waals surface area contributed by atoms with Crippen molar-refractivity contribution in [2.45, 2.75) is 44.4 Å². The lowest BCUT2D eigenvalue weighted by Crippen LogP contribution is -2.59. The van der Waals surface area contributed by atoms with Crippen molar-refractivity contribution in [1.29, 1.82) is 0 Å². The Balaban J connectivity index is 0.00000380. The zero-order chi connectivity index (χ0) is 26.1. The van der Waals surface area contributed by atoms with Crippen molar-refractivity contribution in [1.82, 2.24) is 20.1 Å². The molecule has 1 saturated carbocycles. The molecule has 2 aromatic rings. The number of nitrogens with two attached hydrogens (primary N) is 1. The Morgan fingerprint density at radius 3 is 2.41 bits per heavy atom. The third-order valence-electron chi connectivity index (χ3n) is 6.59. The first-order valence-corrected chi connectivity index (χ1v) is 12.8. The van der Waals surface area contributed by atoms with Gasteiger partial charge in [0.2, 0.25) is 5.91 Å². The molecular formula is C24H30Cl2N6O4S. The second kappa shape index (κ2) is 11.8. The van der Waals surface area contributed by atoms with Crippen LogP contribution in [0.4, 0.5) is 5.69 Å². The summed E-state index contributed by atoms with van der Waals surface area (Å²) in [6.45, 7) is 1.42. The molecule has 1 aliphatic heterocycles. The van der Waals surface area contributed by atoms with Gasteiger partial charge in [0.25, 0.3) is 5.91 Å². The number of aromatic nitrogens is 1. The number of nitrogens with zero attached hydrogens (tertiary/aromatic N) is 4. The Bertz CT molecular complexity index is 1160. The summed E-state index contributed by atoms with van der Waals surface area (Å²) in [7, 11) is 5.36. The molecule has 13 heteroatoms. The molecule has 0 bridgehead atoms. The van der Waals surface area contributed by atoms with Crippen LogP contribution < -0.4 is 16.0 Å². The normalized spacial score (nSPS) is 20.9. The minimum absolute atomic E-state index is 0. The maximum Gasteiger partial charge on any atom is 0.316 e. The van der Waals surface area contributed by atoms with Crippen LogP contribution in [0.15, 0.2) is 24.3 Å². The molecule has 1 fully saturated rings. The van der Waals surface area contributed by atoms with Gasteiger partial charge in [-0.25, -0.2) is 4.98 Å². The van der Waals surface area contributed by atoms with Crippen molar-refractivity contribution >= 4 is 64.7 Å². The van der Waals surface area contributed by atoms with Crippen molar-refractivity contribution in [3.8, 4) is 0 Å². The van der Waals surface area contributed by atoms with Crippen LogP contribution in [-0.2, 0) is 27.5 Å². The molecule has 1 aliphatic carbocycles. The lowest BCUT2D eigenvalue weighted by Gasteiger charge is -2.42. The maximum absolute atomic E-state index is 13.3. The van der Waals surface area contributed by atoms with E-state index in [0.717, 1.165) is 17.1 Å². The van der Waals surface area contributed by atoms with E-state index in [4.69, 9.17) is 17.3 Å². The van der Waals surface area contributed by atoms with Crippen LogP contribution in [0.1, 0.15) is 39.6 Å². The third-order valence-corrected chi connectivity index (χ3v) is 7.93. The molecule has 0 unspecified atom stereocenters. The van der Waals surface area contributed by atoms with Gasteiger partial charge in [0.15, 0.2) is 5.01 Å². The van der Waals surface area contributed by atoms with Crippen LogP contribution in [0.5, 0.6) is 0 Å². The molecule has 1 aromatic carbocycles. The number of rotatable bonds is 5. The molecule has 2 aliphatic rings. The van der Waals surface area contributed by atoms with Crippen LogP contribution in [0.25, 0.3) is 0 Å². The number of halogens is 2. The molecule has 2 heterocycles. The fourth-order valence-corrected chi connectivity index (χ4v) is 6.08. The van der Waals surface area contributed by atoms with E-state index in [2.05, 4.69) is 15.2 Å². The number of benzene rings is 1. The number of thiazole rings is 1. The zero-order valence-corrected chi connectivity index (χ0v) is 23.2. The summed E-state index contributed by atoms with van der Waals surface area (Å²) in [5.74, 6) is -2.76. The molecule has 37 heavy (non-hydrogen) atoms. The van der Waals surface area contributed by atoms with E-state index in [1.54, 1.807) is 38.4 Å². The predicted molar refractivity (Wildman–Crippen MR) is 144 cm³/mol. The van der Waals surface area contributed by atoms with Crippen molar-refractivity contribution < 1.29 is 19.2 Å². The number of carbonyl (C=O) groups excluding carboxylic acids is 4. The zero-order valence-electron chi connectivity index (χ0n) is 20.8. The van der Waals surface area contributed by atoms with Crippen LogP contribution in [0, 0.1) is 5.92 Å². The van der Waals surface area contributed by atoms with Gasteiger partial charge in [0.1, 0.15) is 0 Å². The first-order valence-electron chi connectivity index (χ1n) is 11.6. The number of amides is 4. The maximum atomic E-state index is 13.3. The van der Waals surface area contributed by atoms with E-state index in [1.165, 1.54) is 21.1 Å². The number of anilines is 1. The van der Waals surface area contributed by atoms with E-state index < -0.39 is 23.9 Å². The predicted octanol–water partition coefficient (Wildman–Crippen LogP) is 2.04. The van der Waals surface area contributed by atoms with Gasteiger partial charge in [-0.05, 0) is 50.6 Å². The summed E-state index contributed by atoms with van der Waals surface area (Å²) in [6, 6.07) is 5.27. The molecule has 200 valence electrons. The molecule has 10 nitrogen and oxygen atoms in total. The quantitative estimate of drug-likeness (QED) is 0.531. The second-order valence-electron chi connectivity index (χ2n) is 9.47. The van der Waals surface area contributed by atoms with Crippen molar-refractivity contribution in [3.63, 3.8) is 0 Å². The van der Waals surface area contributed by atoms with Gasteiger partial charge in [-0.1, -0.05) is 11.6 Å². The average Bonchev–Trinajstić information content (AvgIpc) is 3.38. The highest BCUT2D eigenvalue weighted by Crippen LogP contribution is 2.33. The number of hydrogen-bond donors (Lipinski definition) is 2. The summed E-state index contributed by atoms with van der Waals surface area (Å²) >= 11 is 7.37. The molecule has 0 spiro atoms. The number of primary amides is 1. The standard InChI is InChI=1S/C24H29ClN6O4S.ClH/c1-29(2)23(34)13-4-9-18(31(24(35)20(26)32)15-7-5-14(25)6-8-15)16(10-13)27-21(33)22-28-17-11-30(3)12-19(17)36-22;/h5-8,13,16,18H,4,9-12H2,1-3H3,(H2,26,32)(H,27,33);1H/t13-,16+,18-;/m0./s1. The van der Waals surface area contributed by atoms with E-state index >= 15 is 0 Å². The lowest BCUT2D eigenvalue weighted by molar-refractivity contribution is -0.136. The van der Waals surface area contributed by atoms with Gasteiger partial charge in [0, 0.05) is 48.7 Å². The average molecular weight is 570 g/mol. The summed E-state index contributed by atoms with van der Waals surface area (Å²) in [6.07, 6.45) is 1.18. The molecule has 0 radical (unpaired) electrons. The molecule has 4 rings (SSSR count).